The number of unbranched alkanes of at least 4 members (excludes halogenated alkanes) is 11. The summed E-state index contributed by atoms with van der Waals surface area (Å²) >= 11 is 0. The third-order valence-electron chi connectivity index (χ3n) is 3.88. The number of allylic oxidation sites excluding steroid dienone is 2. The smallest absolute Gasteiger partial charge is 0.0512 e. The summed E-state index contributed by atoms with van der Waals surface area (Å²) in [5, 5.41) is 9.15. The molecular weight excluding hydrogens is 244 g/mol. The van der Waals surface area contributed by atoms with Gasteiger partial charge in [-0.15, -0.1) is 0 Å². The Morgan fingerprint density at radius 2 is 1.15 bits per heavy atom. The Labute approximate surface area is 127 Å². The molecule has 0 aromatic carbocycles. The molecule has 0 bridgehead atoms. The highest BCUT2D eigenvalue weighted by Gasteiger charge is 1.95. The maximum absolute atomic E-state index is 9.15. The first-order chi connectivity index (χ1) is 9.77. The van der Waals surface area contributed by atoms with Crippen LogP contribution in [0.25, 0.3) is 0 Å². The molecule has 0 aliphatic heterocycles. The molecule has 0 saturated carbocycles. The molecule has 0 radical (unpaired) electrons. The normalized spacial score (nSPS) is 13.2. The van der Waals surface area contributed by atoms with E-state index in [0.29, 0.717) is 0 Å². The highest BCUT2D eigenvalue weighted by atomic mass is 16.3. The van der Waals surface area contributed by atoms with Crippen molar-refractivity contribution in [2.24, 2.45) is 0 Å². The average molecular weight is 283 g/mol. The molecule has 0 heterocycles. The number of rotatable bonds is 15. The van der Waals surface area contributed by atoms with Gasteiger partial charge in [0.15, 0.2) is 0 Å². The molecule has 0 saturated heterocycles. The molecule has 1 atom stereocenters. The van der Waals surface area contributed by atoms with Gasteiger partial charge in [0.1, 0.15) is 0 Å². The summed E-state index contributed by atoms with van der Waals surface area (Å²) < 4.78 is 0. The minimum atomic E-state index is -0.111. The second kappa shape index (κ2) is 16.8. The predicted molar refractivity (Wildman–Crippen MR) is 91.1 cm³/mol. The van der Waals surface area contributed by atoms with E-state index in [-0.39, 0.29) is 6.10 Å². The first-order valence-corrected chi connectivity index (χ1v) is 9.10. The van der Waals surface area contributed by atoms with Gasteiger partial charge in [-0.25, -0.2) is 0 Å². The van der Waals surface area contributed by atoms with Crippen LogP contribution in [0, 0.1) is 0 Å². The first kappa shape index (κ1) is 19.7. The van der Waals surface area contributed by atoms with Crippen molar-refractivity contribution in [1.82, 2.24) is 0 Å². The van der Waals surface area contributed by atoms with E-state index in [0.717, 1.165) is 6.42 Å². The molecular formula is C19H38O. The topological polar surface area (TPSA) is 20.2 Å². The molecule has 0 fully saturated rings. The van der Waals surface area contributed by atoms with Crippen LogP contribution in [-0.2, 0) is 0 Å². The van der Waals surface area contributed by atoms with Crippen LogP contribution in [0.5, 0.6) is 0 Å². The van der Waals surface area contributed by atoms with E-state index in [1.807, 2.05) is 6.92 Å². The van der Waals surface area contributed by atoms with E-state index >= 15 is 0 Å². The zero-order valence-corrected chi connectivity index (χ0v) is 14.1. The molecule has 1 heteroatoms. The molecule has 0 rings (SSSR count). The highest BCUT2D eigenvalue weighted by Crippen LogP contribution is 2.10. The van der Waals surface area contributed by atoms with Crippen LogP contribution in [0.3, 0.4) is 0 Å². The molecule has 20 heavy (non-hydrogen) atoms. The Hall–Kier alpha value is -0.300. The third-order valence-corrected chi connectivity index (χ3v) is 3.88. The van der Waals surface area contributed by atoms with Crippen LogP contribution in [0.15, 0.2) is 12.2 Å². The van der Waals surface area contributed by atoms with Gasteiger partial charge in [-0.3, -0.25) is 0 Å². The van der Waals surface area contributed by atoms with Gasteiger partial charge in [0.05, 0.1) is 6.10 Å². The number of hydrogen-bond acceptors (Lipinski definition) is 1. The third kappa shape index (κ3) is 17.7. The van der Waals surface area contributed by atoms with Crippen molar-refractivity contribution in [2.75, 3.05) is 0 Å². The van der Waals surface area contributed by atoms with Crippen molar-refractivity contribution in [3.8, 4) is 0 Å². The maximum atomic E-state index is 9.15. The van der Waals surface area contributed by atoms with Crippen molar-refractivity contribution in [1.29, 1.82) is 0 Å². The fourth-order valence-electron chi connectivity index (χ4n) is 2.51. The van der Waals surface area contributed by atoms with E-state index in [1.54, 1.807) is 0 Å². The van der Waals surface area contributed by atoms with Crippen LogP contribution in [-0.4, -0.2) is 11.2 Å². The Morgan fingerprint density at radius 3 is 1.65 bits per heavy atom. The molecule has 1 unspecified atom stereocenters. The summed E-state index contributed by atoms with van der Waals surface area (Å²) in [6.07, 6.45) is 23.0. The maximum Gasteiger partial charge on any atom is 0.0512 e. The van der Waals surface area contributed by atoms with Crippen LogP contribution in [0.4, 0.5) is 0 Å². The second-order valence-corrected chi connectivity index (χ2v) is 6.22. The molecule has 0 aromatic rings. The van der Waals surface area contributed by atoms with Crippen molar-refractivity contribution < 1.29 is 5.11 Å². The summed E-state index contributed by atoms with van der Waals surface area (Å²) in [6, 6.07) is 0. The van der Waals surface area contributed by atoms with E-state index < -0.39 is 0 Å². The molecule has 1 N–H and O–H groups in total. The summed E-state index contributed by atoms with van der Waals surface area (Å²) in [5.74, 6) is 0. The fourth-order valence-corrected chi connectivity index (χ4v) is 2.51. The van der Waals surface area contributed by atoms with E-state index in [2.05, 4.69) is 19.1 Å². The Kier molecular flexibility index (Phi) is 16.5. The monoisotopic (exact) mass is 282 g/mol. The van der Waals surface area contributed by atoms with Gasteiger partial charge in [-0.1, -0.05) is 76.9 Å². The first-order valence-electron chi connectivity index (χ1n) is 9.10. The van der Waals surface area contributed by atoms with Gasteiger partial charge in [0, 0.05) is 0 Å². The SMILES string of the molecule is CCCCCCCC/C=C/CCCCCCCC(C)O. The van der Waals surface area contributed by atoms with E-state index in [9.17, 15) is 0 Å². The average Bonchev–Trinajstić information content (AvgIpc) is 2.43. The molecule has 0 spiro atoms. The highest BCUT2D eigenvalue weighted by molar-refractivity contribution is 4.81. The van der Waals surface area contributed by atoms with Crippen LogP contribution < -0.4 is 0 Å². The van der Waals surface area contributed by atoms with Crippen molar-refractivity contribution >= 4 is 0 Å². The van der Waals surface area contributed by atoms with Crippen molar-refractivity contribution in [3.05, 3.63) is 12.2 Å². The van der Waals surface area contributed by atoms with E-state index in [1.165, 1.54) is 83.5 Å². The van der Waals surface area contributed by atoms with Crippen LogP contribution in [0.1, 0.15) is 104 Å². The zero-order chi connectivity index (χ0) is 14.9. The van der Waals surface area contributed by atoms with Gasteiger partial charge in [0.25, 0.3) is 0 Å². The molecule has 0 aliphatic carbocycles. The van der Waals surface area contributed by atoms with E-state index in [4.69, 9.17) is 5.11 Å². The molecule has 0 amide bonds. The van der Waals surface area contributed by atoms with Gasteiger partial charge < -0.3 is 5.11 Å². The lowest BCUT2D eigenvalue weighted by molar-refractivity contribution is 0.180. The molecule has 0 aromatic heterocycles. The fraction of sp³-hybridized carbons (Fsp3) is 0.895. The number of aliphatic hydroxyl groups is 1. The summed E-state index contributed by atoms with van der Waals surface area (Å²) in [4.78, 5) is 0. The quantitative estimate of drug-likeness (QED) is 0.272. The summed E-state index contributed by atoms with van der Waals surface area (Å²) in [7, 11) is 0. The molecule has 1 nitrogen and oxygen atoms in total. The standard InChI is InChI=1S/C19H38O/c1-3-4-5-6-7-8-9-10-11-12-13-14-15-16-17-18-19(2)20/h10-11,19-20H,3-9,12-18H2,1-2H3/b11-10+. The second-order valence-electron chi connectivity index (χ2n) is 6.22. The zero-order valence-electron chi connectivity index (χ0n) is 14.1. The lowest BCUT2D eigenvalue weighted by Gasteiger charge is -2.03. The van der Waals surface area contributed by atoms with Gasteiger partial charge in [-0.05, 0) is 39.0 Å². The Balaban J connectivity index is 3.05. The molecule has 120 valence electrons. The summed E-state index contributed by atoms with van der Waals surface area (Å²) in [5.41, 5.74) is 0. The Bertz CT molecular complexity index is 196. The van der Waals surface area contributed by atoms with Crippen molar-refractivity contribution in [2.45, 2.75) is 110 Å². The van der Waals surface area contributed by atoms with Gasteiger partial charge >= 0.3 is 0 Å². The van der Waals surface area contributed by atoms with Crippen LogP contribution >= 0.6 is 0 Å². The summed E-state index contributed by atoms with van der Waals surface area (Å²) in [6.45, 7) is 4.16. The lowest BCUT2D eigenvalue weighted by atomic mass is 10.1. The number of hydrogen-bond donors (Lipinski definition) is 1. The number of aliphatic hydroxyl groups excluding tert-OH is 1. The van der Waals surface area contributed by atoms with Crippen molar-refractivity contribution in [3.63, 3.8) is 0 Å². The predicted octanol–water partition coefficient (Wildman–Crippen LogP) is 6.40. The lowest BCUT2D eigenvalue weighted by Crippen LogP contribution is -1.98. The van der Waals surface area contributed by atoms with Crippen LogP contribution in [0.2, 0.25) is 0 Å². The minimum Gasteiger partial charge on any atom is -0.393 e. The van der Waals surface area contributed by atoms with Gasteiger partial charge in [-0.2, -0.15) is 0 Å². The largest absolute Gasteiger partial charge is 0.393 e. The van der Waals surface area contributed by atoms with Gasteiger partial charge in [0.2, 0.25) is 0 Å². The molecule has 0 aliphatic rings. The minimum absolute atomic E-state index is 0.111. The Morgan fingerprint density at radius 1 is 0.700 bits per heavy atom.